The van der Waals surface area contributed by atoms with E-state index in [1.165, 1.54) is 13.2 Å². The van der Waals surface area contributed by atoms with Crippen molar-refractivity contribution >= 4 is 5.69 Å². The highest BCUT2D eigenvalue weighted by atomic mass is 16.6. The van der Waals surface area contributed by atoms with Crippen LogP contribution in [0.5, 0.6) is 5.75 Å². The zero-order valence-corrected chi connectivity index (χ0v) is 11.0. The minimum absolute atomic E-state index is 0.121. The first-order chi connectivity index (χ1) is 9.52. The highest BCUT2D eigenvalue weighted by molar-refractivity contribution is 5.54. The van der Waals surface area contributed by atoms with Gasteiger partial charge in [-0.1, -0.05) is 12.1 Å². The summed E-state index contributed by atoms with van der Waals surface area (Å²) < 4.78 is 5.00. The molecule has 0 unspecified atom stereocenters. The van der Waals surface area contributed by atoms with Crippen LogP contribution in [0.1, 0.15) is 16.8 Å². The fraction of sp³-hybridized carbons (Fsp3) is 0.231. The van der Waals surface area contributed by atoms with Gasteiger partial charge >= 0.3 is 5.69 Å². The van der Waals surface area contributed by atoms with Crippen LogP contribution in [0.4, 0.5) is 5.69 Å². The van der Waals surface area contributed by atoms with Gasteiger partial charge in [0.25, 0.3) is 5.56 Å². The van der Waals surface area contributed by atoms with E-state index < -0.39 is 4.92 Å². The number of nitrogens with one attached hydrogen (secondary N) is 1. The quantitative estimate of drug-likeness (QED) is 0.674. The Labute approximate surface area is 114 Å². The Hall–Kier alpha value is -2.70. The molecule has 1 aromatic carbocycles. The molecule has 0 saturated heterocycles. The monoisotopic (exact) mass is 275 g/mol. The maximum atomic E-state index is 11.7. The molecule has 1 aromatic heterocycles. The van der Waals surface area contributed by atoms with E-state index in [9.17, 15) is 14.9 Å². The van der Waals surface area contributed by atoms with Gasteiger partial charge in [-0.3, -0.25) is 14.9 Å². The lowest BCUT2D eigenvalue weighted by molar-refractivity contribution is -0.386. The molecule has 0 radical (unpaired) electrons. The normalized spacial score (nSPS) is 10.3. The summed E-state index contributed by atoms with van der Waals surface area (Å²) in [5, 5.41) is 17.3. The fourth-order valence-corrected chi connectivity index (χ4v) is 1.98. The average Bonchev–Trinajstić information content (AvgIpc) is 2.42. The topological polar surface area (TPSA) is 98.1 Å². The third-order valence-corrected chi connectivity index (χ3v) is 2.87. The van der Waals surface area contributed by atoms with Crippen LogP contribution >= 0.6 is 0 Å². The first kappa shape index (κ1) is 13.7. The summed E-state index contributed by atoms with van der Waals surface area (Å²) in [6, 6.07) is 6.39. The van der Waals surface area contributed by atoms with E-state index in [1.807, 2.05) is 0 Å². The van der Waals surface area contributed by atoms with Crippen LogP contribution in [0.2, 0.25) is 0 Å². The predicted molar refractivity (Wildman–Crippen MR) is 72.0 cm³/mol. The molecule has 0 fully saturated rings. The van der Waals surface area contributed by atoms with E-state index in [0.717, 1.165) is 0 Å². The molecule has 7 nitrogen and oxygen atoms in total. The van der Waals surface area contributed by atoms with Gasteiger partial charge in [0.15, 0.2) is 5.75 Å². The number of nitro groups is 1. The van der Waals surface area contributed by atoms with Crippen molar-refractivity contribution in [1.82, 2.24) is 10.2 Å². The lowest BCUT2D eigenvalue weighted by Crippen LogP contribution is -2.15. The average molecular weight is 275 g/mol. The number of aromatic nitrogens is 2. The second-order valence-corrected chi connectivity index (χ2v) is 4.27. The molecule has 0 aliphatic rings. The summed E-state index contributed by atoms with van der Waals surface area (Å²) in [6.07, 6.45) is 0.145. The molecular weight excluding hydrogens is 262 g/mol. The van der Waals surface area contributed by atoms with Crippen molar-refractivity contribution in [2.24, 2.45) is 0 Å². The van der Waals surface area contributed by atoms with E-state index in [2.05, 4.69) is 10.2 Å². The molecule has 104 valence electrons. The molecule has 0 aliphatic heterocycles. The van der Waals surface area contributed by atoms with Crippen molar-refractivity contribution in [1.29, 1.82) is 0 Å². The van der Waals surface area contributed by atoms with Gasteiger partial charge in [-0.2, -0.15) is 5.10 Å². The number of methoxy groups -OCH3 is 1. The lowest BCUT2D eigenvalue weighted by atomic mass is 10.0. The zero-order chi connectivity index (χ0) is 14.7. The van der Waals surface area contributed by atoms with Crippen LogP contribution in [0.25, 0.3) is 0 Å². The minimum atomic E-state index is -0.504. The van der Waals surface area contributed by atoms with Gasteiger partial charge in [-0.05, 0) is 19.1 Å². The van der Waals surface area contributed by atoms with Crippen LogP contribution in [-0.2, 0) is 6.42 Å². The van der Waals surface area contributed by atoms with E-state index in [1.54, 1.807) is 25.1 Å². The molecule has 0 spiro atoms. The second-order valence-electron chi connectivity index (χ2n) is 4.27. The molecule has 7 heteroatoms. The van der Waals surface area contributed by atoms with E-state index in [0.29, 0.717) is 16.8 Å². The summed E-state index contributed by atoms with van der Waals surface area (Å²) in [7, 11) is 1.37. The van der Waals surface area contributed by atoms with Crippen LogP contribution < -0.4 is 10.3 Å². The maximum absolute atomic E-state index is 11.7. The Morgan fingerprint density at radius 3 is 2.80 bits per heavy atom. The molecular formula is C13H13N3O4. The van der Waals surface area contributed by atoms with Crippen molar-refractivity contribution in [3.8, 4) is 5.75 Å². The number of aryl methyl sites for hydroxylation is 1. The van der Waals surface area contributed by atoms with Crippen molar-refractivity contribution in [3.63, 3.8) is 0 Å². The summed E-state index contributed by atoms with van der Waals surface area (Å²) in [6.45, 7) is 1.74. The van der Waals surface area contributed by atoms with Crippen LogP contribution in [0.15, 0.2) is 29.1 Å². The molecule has 1 heterocycles. The molecule has 2 rings (SSSR count). The fourth-order valence-electron chi connectivity index (χ4n) is 1.98. The number of H-pyrrole nitrogens is 1. The lowest BCUT2D eigenvalue weighted by Gasteiger charge is -2.07. The standard InChI is InChI=1S/C13H13N3O4/c1-8-6-10(13(17)15-14-8)7-9-4-3-5-11(20-2)12(9)16(18)19/h3-6H,7H2,1-2H3,(H,15,17). The molecule has 0 atom stereocenters. The van der Waals surface area contributed by atoms with Gasteiger partial charge in [-0.15, -0.1) is 0 Å². The van der Waals surface area contributed by atoms with Crippen LogP contribution in [0.3, 0.4) is 0 Å². The Morgan fingerprint density at radius 2 is 2.15 bits per heavy atom. The van der Waals surface area contributed by atoms with Gasteiger partial charge in [0.1, 0.15) is 0 Å². The predicted octanol–water partition coefficient (Wildman–Crippen LogP) is 1.59. The number of rotatable bonds is 4. The SMILES string of the molecule is COc1cccc(Cc2cc(C)n[nH]c2=O)c1[N+](=O)[O-]. The molecule has 20 heavy (non-hydrogen) atoms. The number of aromatic amines is 1. The van der Waals surface area contributed by atoms with Crippen LogP contribution in [-0.4, -0.2) is 22.2 Å². The Bertz CT molecular complexity index is 709. The van der Waals surface area contributed by atoms with Crippen molar-refractivity contribution < 1.29 is 9.66 Å². The van der Waals surface area contributed by atoms with Gasteiger partial charge in [0.05, 0.1) is 17.7 Å². The van der Waals surface area contributed by atoms with Gasteiger partial charge < -0.3 is 4.74 Å². The first-order valence-electron chi connectivity index (χ1n) is 5.88. The van der Waals surface area contributed by atoms with Crippen LogP contribution in [0, 0.1) is 17.0 Å². The molecule has 0 aliphatic carbocycles. The first-order valence-corrected chi connectivity index (χ1v) is 5.88. The minimum Gasteiger partial charge on any atom is -0.490 e. The number of para-hydroxylation sites is 1. The van der Waals surface area contributed by atoms with E-state index in [4.69, 9.17) is 4.74 Å². The molecule has 0 saturated carbocycles. The number of benzene rings is 1. The molecule has 0 amide bonds. The zero-order valence-electron chi connectivity index (χ0n) is 11.0. The number of nitrogens with zero attached hydrogens (tertiary/aromatic N) is 2. The van der Waals surface area contributed by atoms with E-state index >= 15 is 0 Å². The maximum Gasteiger partial charge on any atom is 0.314 e. The highest BCUT2D eigenvalue weighted by Gasteiger charge is 2.21. The summed E-state index contributed by atoms with van der Waals surface area (Å²) >= 11 is 0. The summed E-state index contributed by atoms with van der Waals surface area (Å²) in [4.78, 5) is 22.4. The van der Waals surface area contributed by atoms with Crippen molar-refractivity contribution in [3.05, 3.63) is 61.6 Å². The van der Waals surface area contributed by atoms with Gasteiger partial charge in [0.2, 0.25) is 0 Å². The number of hydrogen-bond donors (Lipinski definition) is 1. The third kappa shape index (κ3) is 2.66. The number of nitro benzene ring substituents is 1. The summed E-state index contributed by atoms with van der Waals surface area (Å²) in [5.74, 6) is 0.176. The second kappa shape index (κ2) is 5.52. The van der Waals surface area contributed by atoms with Gasteiger partial charge in [-0.25, -0.2) is 5.10 Å². The van der Waals surface area contributed by atoms with Gasteiger partial charge in [0, 0.05) is 17.5 Å². The van der Waals surface area contributed by atoms with Crippen molar-refractivity contribution in [2.75, 3.05) is 7.11 Å². The van der Waals surface area contributed by atoms with Crippen molar-refractivity contribution in [2.45, 2.75) is 13.3 Å². The summed E-state index contributed by atoms with van der Waals surface area (Å²) in [5.41, 5.74) is 1.01. The largest absolute Gasteiger partial charge is 0.490 e. The smallest absolute Gasteiger partial charge is 0.314 e. The number of ether oxygens (including phenoxy) is 1. The third-order valence-electron chi connectivity index (χ3n) is 2.87. The molecule has 2 aromatic rings. The highest BCUT2D eigenvalue weighted by Crippen LogP contribution is 2.31. The van der Waals surface area contributed by atoms with E-state index in [-0.39, 0.29) is 23.4 Å². The Kier molecular flexibility index (Phi) is 3.79. The Balaban J connectivity index is 2.51. The Morgan fingerprint density at radius 1 is 1.40 bits per heavy atom. The molecule has 0 bridgehead atoms. The molecule has 1 N–H and O–H groups in total. The number of hydrogen-bond acceptors (Lipinski definition) is 5.